The van der Waals surface area contributed by atoms with E-state index in [1.807, 2.05) is 0 Å². The lowest BCUT2D eigenvalue weighted by Gasteiger charge is -2.10. The molecule has 10 heteroatoms. The Kier molecular flexibility index (Phi) is 9.07. The van der Waals surface area contributed by atoms with E-state index in [0.717, 1.165) is 26.3 Å². The van der Waals surface area contributed by atoms with Crippen LogP contribution in [-0.4, -0.2) is 46.4 Å². The van der Waals surface area contributed by atoms with Gasteiger partial charge in [0.2, 0.25) is 0 Å². The van der Waals surface area contributed by atoms with E-state index in [9.17, 15) is 20.2 Å². The molecular weight excluding hydrogens is 346 g/mol. The molecule has 0 aromatic heterocycles. The highest BCUT2D eigenvalue weighted by atomic mass is 16.6. The molecule has 140 valence electrons. The van der Waals surface area contributed by atoms with Crippen LogP contribution >= 0.6 is 0 Å². The van der Waals surface area contributed by atoms with Crippen LogP contribution in [0.2, 0.25) is 0 Å². The number of hydrogen-bond donors (Lipinski definition) is 3. The summed E-state index contributed by atoms with van der Waals surface area (Å²) in [6, 6.07) is 10.1. The minimum Gasteiger partial charge on any atom is -0.508 e. The summed E-state index contributed by atoms with van der Waals surface area (Å²) < 4.78 is 5.01. The minimum atomic E-state index is -0.514. The van der Waals surface area contributed by atoms with E-state index in [-0.39, 0.29) is 22.9 Å². The molecule has 0 radical (unpaired) electrons. The number of ether oxygens (including phenoxy) is 1. The van der Waals surface area contributed by atoms with E-state index >= 15 is 0 Å². The minimum absolute atomic E-state index is 0.0159. The van der Waals surface area contributed by atoms with E-state index in [1.165, 1.54) is 48.5 Å². The summed E-state index contributed by atoms with van der Waals surface area (Å²) in [6.07, 6.45) is 0. The standard InChI is InChI=1S/2C6H5NO3.C4H9NO/c2*8-6-3-1-5(2-4-6)7(9)10;1-3-6-4-2-5-1/h2*1-4,8H;5H,1-4H2. The van der Waals surface area contributed by atoms with Crippen LogP contribution in [0.1, 0.15) is 0 Å². The molecule has 2 aromatic rings. The van der Waals surface area contributed by atoms with Crippen molar-refractivity contribution in [3.05, 3.63) is 68.8 Å². The third-order valence-electron chi connectivity index (χ3n) is 2.97. The number of rotatable bonds is 2. The van der Waals surface area contributed by atoms with Crippen LogP contribution in [-0.2, 0) is 4.74 Å². The SMILES string of the molecule is C1COCCN1.O=[N+]([O-])c1ccc(O)cc1.O=[N+]([O-])c1ccc(O)cc1. The molecule has 1 heterocycles. The molecule has 0 spiro atoms. The summed E-state index contributed by atoms with van der Waals surface area (Å²) in [5.74, 6) is 0.0659. The van der Waals surface area contributed by atoms with Gasteiger partial charge in [0.15, 0.2) is 0 Å². The first-order valence-corrected chi connectivity index (χ1v) is 7.55. The Labute approximate surface area is 149 Å². The number of hydrogen-bond acceptors (Lipinski definition) is 8. The largest absolute Gasteiger partial charge is 0.508 e. The van der Waals surface area contributed by atoms with Crippen LogP contribution in [0.4, 0.5) is 11.4 Å². The highest BCUT2D eigenvalue weighted by Gasteiger charge is 2.02. The number of morpholine rings is 1. The Hall–Kier alpha value is -3.24. The zero-order chi connectivity index (χ0) is 19.4. The third kappa shape index (κ3) is 8.57. The Bertz CT molecular complexity index is 619. The second-order valence-corrected chi connectivity index (χ2v) is 4.91. The summed E-state index contributed by atoms with van der Waals surface area (Å²) in [5, 5.41) is 40.7. The fraction of sp³-hybridized carbons (Fsp3) is 0.250. The van der Waals surface area contributed by atoms with E-state index < -0.39 is 9.85 Å². The molecule has 1 aliphatic rings. The van der Waals surface area contributed by atoms with Gasteiger partial charge in [0.25, 0.3) is 11.4 Å². The maximum atomic E-state index is 10.0. The second-order valence-electron chi connectivity index (χ2n) is 4.91. The number of nitrogens with zero attached hydrogens (tertiary/aromatic N) is 2. The summed E-state index contributed by atoms with van der Waals surface area (Å²) in [7, 11) is 0. The van der Waals surface area contributed by atoms with Crippen LogP contribution in [0.3, 0.4) is 0 Å². The number of benzene rings is 2. The van der Waals surface area contributed by atoms with E-state index in [2.05, 4.69) is 5.32 Å². The van der Waals surface area contributed by atoms with Gasteiger partial charge in [-0.1, -0.05) is 0 Å². The molecule has 0 bridgehead atoms. The summed E-state index contributed by atoms with van der Waals surface area (Å²) in [4.78, 5) is 19.0. The van der Waals surface area contributed by atoms with Gasteiger partial charge in [0.05, 0.1) is 23.1 Å². The van der Waals surface area contributed by atoms with Gasteiger partial charge in [-0.2, -0.15) is 0 Å². The topological polar surface area (TPSA) is 148 Å². The predicted octanol–water partition coefficient (Wildman–Crippen LogP) is 2.21. The number of phenols is 2. The van der Waals surface area contributed by atoms with E-state index in [0.29, 0.717) is 0 Å². The average molecular weight is 365 g/mol. The van der Waals surface area contributed by atoms with Crippen molar-refractivity contribution in [2.45, 2.75) is 0 Å². The number of non-ortho nitro benzene ring substituents is 2. The molecule has 1 saturated heterocycles. The molecule has 2 aromatic carbocycles. The van der Waals surface area contributed by atoms with Gasteiger partial charge < -0.3 is 20.3 Å². The molecule has 1 aliphatic heterocycles. The van der Waals surface area contributed by atoms with Crippen molar-refractivity contribution in [2.75, 3.05) is 26.3 Å². The second kappa shape index (κ2) is 11.3. The van der Waals surface area contributed by atoms with Crippen molar-refractivity contribution in [3.63, 3.8) is 0 Å². The number of nitro benzene ring substituents is 2. The molecule has 10 nitrogen and oxygen atoms in total. The number of nitrogens with one attached hydrogen (secondary N) is 1. The van der Waals surface area contributed by atoms with Gasteiger partial charge in [-0.05, 0) is 24.3 Å². The van der Waals surface area contributed by atoms with Gasteiger partial charge in [0.1, 0.15) is 11.5 Å². The summed E-state index contributed by atoms with van der Waals surface area (Å²) in [5.41, 5.74) is -0.0319. The molecule has 3 N–H and O–H groups in total. The highest BCUT2D eigenvalue weighted by Crippen LogP contribution is 2.15. The van der Waals surface area contributed by atoms with Crippen LogP contribution in [0.15, 0.2) is 48.5 Å². The lowest BCUT2D eigenvalue weighted by Crippen LogP contribution is -2.30. The van der Waals surface area contributed by atoms with Gasteiger partial charge in [-0.3, -0.25) is 20.2 Å². The Morgan fingerprint density at radius 3 is 1.31 bits per heavy atom. The van der Waals surface area contributed by atoms with Crippen molar-refractivity contribution in [2.24, 2.45) is 0 Å². The normalized spacial score (nSPS) is 12.6. The predicted molar refractivity (Wildman–Crippen MR) is 93.2 cm³/mol. The van der Waals surface area contributed by atoms with Crippen molar-refractivity contribution in [1.29, 1.82) is 0 Å². The van der Waals surface area contributed by atoms with Gasteiger partial charge in [0, 0.05) is 37.4 Å². The Balaban J connectivity index is 0.000000201. The smallest absolute Gasteiger partial charge is 0.269 e. The lowest BCUT2D eigenvalue weighted by atomic mass is 10.3. The molecule has 0 aliphatic carbocycles. The maximum absolute atomic E-state index is 10.0. The maximum Gasteiger partial charge on any atom is 0.269 e. The summed E-state index contributed by atoms with van der Waals surface area (Å²) >= 11 is 0. The zero-order valence-corrected chi connectivity index (χ0v) is 13.8. The lowest BCUT2D eigenvalue weighted by molar-refractivity contribution is -0.385. The molecule has 0 amide bonds. The fourth-order valence-corrected chi connectivity index (χ4v) is 1.66. The third-order valence-corrected chi connectivity index (χ3v) is 2.97. The number of phenolic OH excluding ortho intramolecular Hbond substituents is 2. The monoisotopic (exact) mass is 365 g/mol. The highest BCUT2D eigenvalue weighted by molar-refractivity contribution is 5.35. The molecule has 26 heavy (non-hydrogen) atoms. The Morgan fingerprint density at radius 2 is 1.12 bits per heavy atom. The van der Waals surface area contributed by atoms with Crippen LogP contribution < -0.4 is 5.32 Å². The summed E-state index contributed by atoms with van der Waals surface area (Å²) in [6.45, 7) is 3.83. The molecule has 0 atom stereocenters. The zero-order valence-electron chi connectivity index (χ0n) is 13.8. The van der Waals surface area contributed by atoms with Gasteiger partial charge in [-0.25, -0.2) is 0 Å². The van der Waals surface area contributed by atoms with Crippen LogP contribution in [0.5, 0.6) is 11.5 Å². The van der Waals surface area contributed by atoms with Crippen molar-refractivity contribution < 1.29 is 24.8 Å². The van der Waals surface area contributed by atoms with Gasteiger partial charge >= 0.3 is 0 Å². The molecule has 1 fully saturated rings. The quantitative estimate of drug-likeness (QED) is 0.542. The first-order chi connectivity index (χ1) is 12.4. The van der Waals surface area contributed by atoms with Crippen LogP contribution in [0.25, 0.3) is 0 Å². The molecule has 3 rings (SSSR count). The number of nitro groups is 2. The van der Waals surface area contributed by atoms with Crippen LogP contribution in [0, 0.1) is 20.2 Å². The van der Waals surface area contributed by atoms with E-state index in [1.54, 1.807) is 0 Å². The number of aromatic hydroxyl groups is 2. The first-order valence-electron chi connectivity index (χ1n) is 7.55. The molecule has 0 unspecified atom stereocenters. The molecular formula is C16H19N3O7. The van der Waals surface area contributed by atoms with E-state index in [4.69, 9.17) is 14.9 Å². The Morgan fingerprint density at radius 1 is 0.769 bits per heavy atom. The average Bonchev–Trinajstić information content (AvgIpc) is 2.65. The van der Waals surface area contributed by atoms with Crippen molar-refractivity contribution in [1.82, 2.24) is 5.32 Å². The van der Waals surface area contributed by atoms with Crippen molar-refractivity contribution in [3.8, 4) is 11.5 Å². The first kappa shape index (κ1) is 20.8. The molecule has 0 saturated carbocycles. The van der Waals surface area contributed by atoms with Crippen molar-refractivity contribution >= 4 is 11.4 Å². The fourth-order valence-electron chi connectivity index (χ4n) is 1.66. The van der Waals surface area contributed by atoms with Gasteiger partial charge in [-0.15, -0.1) is 0 Å².